The molecule has 216 valence electrons. The molecule has 1 atom stereocenters. The average Bonchev–Trinajstić information content (AvgIpc) is 3.47. The number of piperidine rings is 1. The summed E-state index contributed by atoms with van der Waals surface area (Å²) in [6, 6.07) is 12.0. The van der Waals surface area contributed by atoms with Crippen molar-refractivity contribution in [2.45, 2.75) is 56.2 Å². The summed E-state index contributed by atoms with van der Waals surface area (Å²) in [7, 11) is -3.60. The zero-order valence-corrected chi connectivity index (χ0v) is 23.6. The number of carbonyl (C=O) groups excluding carboxylic acids is 1. The van der Waals surface area contributed by atoms with Crippen LogP contribution in [0.4, 0.5) is 5.69 Å². The molecule has 1 aromatic heterocycles. The summed E-state index contributed by atoms with van der Waals surface area (Å²) in [4.78, 5) is 17.0. The number of nitrogens with one attached hydrogen (secondary N) is 2. The van der Waals surface area contributed by atoms with E-state index in [1.807, 2.05) is 24.3 Å². The van der Waals surface area contributed by atoms with E-state index in [9.17, 15) is 23.4 Å². The Morgan fingerprint density at radius 3 is 2.55 bits per heavy atom. The van der Waals surface area contributed by atoms with Crippen LogP contribution in [-0.2, 0) is 16.4 Å². The molecular formula is C27H37N7O5S. The monoisotopic (exact) mass is 571 g/mol. The lowest BCUT2D eigenvalue weighted by atomic mass is 10.0. The van der Waals surface area contributed by atoms with Gasteiger partial charge in [0.05, 0.1) is 12.6 Å². The highest BCUT2D eigenvalue weighted by atomic mass is 32.2. The first kappa shape index (κ1) is 29.4. The first-order chi connectivity index (χ1) is 19.2. The lowest BCUT2D eigenvalue weighted by Crippen LogP contribution is -2.43. The van der Waals surface area contributed by atoms with Crippen LogP contribution in [-0.4, -0.2) is 88.5 Å². The van der Waals surface area contributed by atoms with Crippen molar-refractivity contribution in [1.82, 2.24) is 30.8 Å². The van der Waals surface area contributed by atoms with Gasteiger partial charge in [0, 0.05) is 49.7 Å². The van der Waals surface area contributed by atoms with E-state index in [1.165, 1.54) is 18.2 Å². The van der Waals surface area contributed by atoms with E-state index in [-0.39, 0.29) is 29.1 Å². The number of anilines is 1. The number of tetrazole rings is 1. The Hall–Kier alpha value is -3.55. The Balaban J connectivity index is 1.28. The maximum atomic E-state index is 13.2. The number of amides is 1. The van der Waals surface area contributed by atoms with E-state index in [0.717, 1.165) is 50.7 Å². The fraction of sp³-hybridized carbons (Fsp3) is 0.481. The topological polar surface area (TPSA) is 165 Å². The number of nitrogens with zero attached hydrogens (tertiary/aromatic N) is 5. The number of aliphatic hydroxyl groups excluding tert-OH is 1. The van der Waals surface area contributed by atoms with Crippen molar-refractivity contribution in [3.63, 3.8) is 0 Å². The number of sulfone groups is 1. The average molecular weight is 572 g/mol. The van der Waals surface area contributed by atoms with E-state index in [0.29, 0.717) is 30.0 Å². The van der Waals surface area contributed by atoms with Gasteiger partial charge in [-0.25, -0.2) is 13.5 Å². The highest BCUT2D eigenvalue weighted by molar-refractivity contribution is 7.90. The molecule has 0 aliphatic carbocycles. The summed E-state index contributed by atoms with van der Waals surface area (Å²) in [6.45, 7) is 4.95. The number of hydrogen-bond donors (Lipinski definition) is 4. The van der Waals surface area contributed by atoms with Crippen molar-refractivity contribution in [2.75, 3.05) is 37.3 Å². The molecule has 2 heterocycles. The maximum absolute atomic E-state index is 13.2. The molecule has 1 saturated heterocycles. The minimum absolute atomic E-state index is 0.0600. The number of unbranched alkanes of at least 4 members (excludes halogenated alkanes) is 1. The number of hydrogen-bond acceptors (Lipinski definition) is 10. The molecule has 3 aromatic rings. The number of carbonyl (C=O) groups is 1. The van der Waals surface area contributed by atoms with Crippen LogP contribution in [0.5, 0.6) is 5.75 Å². The number of phenolic OH excluding ortho intramolecular Hbond substituents is 1. The van der Waals surface area contributed by atoms with E-state index in [4.69, 9.17) is 0 Å². The van der Waals surface area contributed by atoms with Gasteiger partial charge in [-0.1, -0.05) is 19.4 Å². The molecule has 12 nitrogen and oxygen atoms in total. The maximum Gasteiger partial charge on any atom is 0.254 e. The number of phenols is 1. The second kappa shape index (κ2) is 13.2. The second-order valence-corrected chi connectivity index (χ2v) is 12.1. The smallest absolute Gasteiger partial charge is 0.254 e. The number of aliphatic hydroxyl groups is 1. The molecule has 4 rings (SSSR count). The molecule has 0 bridgehead atoms. The molecule has 1 aliphatic heterocycles. The summed E-state index contributed by atoms with van der Waals surface area (Å²) in [5.74, 6) is 0.163. The third kappa shape index (κ3) is 7.55. The van der Waals surface area contributed by atoms with Crippen LogP contribution in [0, 0.1) is 0 Å². The Labute approximate surface area is 234 Å². The molecule has 1 amide bonds. The van der Waals surface area contributed by atoms with Gasteiger partial charge < -0.3 is 25.3 Å². The normalized spacial score (nSPS) is 15.2. The van der Waals surface area contributed by atoms with Crippen LogP contribution in [0.15, 0.2) is 47.4 Å². The van der Waals surface area contributed by atoms with Crippen molar-refractivity contribution < 1.29 is 23.4 Å². The van der Waals surface area contributed by atoms with E-state index >= 15 is 0 Å². The van der Waals surface area contributed by atoms with Crippen LogP contribution in [0.1, 0.15) is 60.5 Å². The Morgan fingerprint density at radius 1 is 1.20 bits per heavy atom. The first-order valence-corrected chi connectivity index (χ1v) is 15.4. The Kier molecular flexibility index (Phi) is 9.71. The third-order valence-corrected chi connectivity index (χ3v) is 8.27. The quantitative estimate of drug-likeness (QED) is 0.253. The molecule has 0 spiro atoms. The van der Waals surface area contributed by atoms with Crippen LogP contribution < -0.4 is 10.2 Å². The fourth-order valence-corrected chi connectivity index (χ4v) is 5.60. The lowest BCUT2D eigenvalue weighted by molar-refractivity contribution is 0.0736. The molecular weight excluding hydrogens is 534 g/mol. The molecule has 0 saturated carbocycles. The van der Waals surface area contributed by atoms with Crippen molar-refractivity contribution >= 4 is 21.4 Å². The van der Waals surface area contributed by atoms with Gasteiger partial charge in [0.25, 0.3) is 5.91 Å². The molecule has 1 unspecified atom stereocenters. The molecule has 2 aromatic carbocycles. The third-order valence-electron chi connectivity index (χ3n) is 7.14. The minimum atomic E-state index is -3.60. The number of H-pyrrole nitrogens is 1. The Morgan fingerprint density at radius 2 is 1.93 bits per heavy atom. The zero-order chi connectivity index (χ0) is 28.7. The highest BCUT2D eigenvalue weighted by Gasteiger charge is 2.23. The van der Waals surface area contributed by atoms with Gasteiger partial charge in [-0.3, -0.25) is 4.79 Å². The van der Waals surface area contributed by atoms with Crippen LogP contribution >= 0.6 is 0 Å². The minimum Gasteiger partial charge on any atom is -0.507 e. The van der Waals surface area contributed by atoms with Gasteiger partial charge in [0.15, 0.2) is 15.7 Å². The van der Waals surface area contributed by atoms with Crippen molar-refractivity contribution in [3.05, 3.63) is 59.4 Å². The predicted octanol–water partition coefficient (Wildman–Crippen LogP) is 2.04. The van der Waals surface area contributed by atoms with Crippen LogP contribution in [0.2, 0.25) is 0 Å². The largest absolute Gasteiger partial charge is 0.507 e. The lowest BCUT2D eigenvalue weighted by Gasteiger charge is -2.34. The number of aromatic amines is 1. The van der Waals surface area contributed by atoms with Crippen molar-refractivity contribution in [1.29, 1.82) is 0 Å². The van der Waals surface area contributed by atoms with Gasteiger partial charge in [0.1, 0.15) is 10.6 Å². The zero-order valence-electron chi connectivity index (χ0n) is 22.8. The summed E-state index contributed by atoms with van der Waals surface area (Å²) >= 11 is 0. The first-order valence-electron chi connectivity index (χ1n) is 13.5. The Bertz CT molecular complexity index is 1360. The van der Waals surface area contributed by atoms with E-state index < -0.39 is 15.9 Å². The predicted molar refractivity (Wildman–Crippen MR) is 150 cm³/mol. The van der Waals surface area contributed by atoms with Gasteiger partial charge in [-0.2, -0.15) is 0 Å². The SMILES string of the molecule is CCCCN(Cc1nnn[nH]1)C(=O)c1ccc(N2CCC(NCC(O)c3ccc(O)c(S(C)(=O)=O)c3)CC2)cc1. The van der Waals surface area contributed by atoms with Gasteiger partial charge >= 0.3 is 0 Å². The van der Waals surface area contributed by atoms with Crippen molar-refractivity contribution in [2.24, 2.45) is 0 Å². The number of rotatable bonds is 12. The standard InChI is InChI=1S/C27H37N7O5S/c1-3-4-13-34(18-26-29-31-32-30-26)27(37)19-5-8-22(9-6-19)33-14-11-21(12-15-33)28-17-24(36)20-7-10-23(35)25(16-20)40(2,38)39/h5-10,16,21,24,28,35-36H,3-4,11-15,17-18H2,1-2H3,(H,29,30,31,32). The summed E-state index contributed by atoms with van der Waals surface area (Å²) in [6.07, 6.45) is 3.73. The molecule has 1 fully saturated rings. The van der Waals surface area contributed by atoms with Gasteiger partial charge in [-0.05, 0) is 71.7 Å². The van der Waals surface area contributed by atoms with E-state index in [1.54, 1.807) is 4.90 Å². The van der Waals surface area contributed by atoms with Crippen LogP contribution in [0.25, 0.3) is 0 Å². The molecule has 4 N–H and O–H groups in total. The number of benzene rings is 2. The fourth-order valence-electron chi connectivity index (χ4n) is 4.80. The molecule has 13 heteroatoms. The summed E-state index contributed by atoms with van der Waals surface area (Å²) < 4.78 is 23.7. The highest BCUT2D eigenvalue weighted by Crippen LogP contribution is 2.27. The van der Waals surface area contributed by atoms with Crippen LogP contribution in [0.3, 0.4) is 0 Å². The summed E-state index contributed by atoms with van der Waals surface area (Å²) in [5.41, 5.74) is 2.10. The number of aromatic nitrogens is 4. The molecule has 0 radical (unpaired) electrons. The molecule has 40 heavy (non-hydrogen) atoms. The van der Waals surface area contributed by atoms with E-state index in [2.05, 4.69) is 37.8 Å². The number of aromatic hydroxyl groups is 1. The van der Waals surface area contributed by atoms with Crippen molar-refractivity contribution in [3.8, 4) is 5.75 Å². The summed E-state index contributed by atoms with van der Waals surface area (Å²) in [5, 5.41) is 37.6. The second-order valence-electron chi connectivity index (χ2n) is 10.2. The van der Waals surface area contributed by atoms with Gasteiger partial charge in [-0.15, -0.1) is 5.10 Å². The van der Waals surface area contributed by atoms with Gasteiger partial charge in [0.2, 0.25) is 0 Å². The molecule has 1 aliphatic rings.